The fraction of sp³-hybridized carbons (Fsp3) is 0.321. The van der Waals surface area contributed by atoms with Gasteiger partial charge >= 0.3 is 0 Å². The van der Waals surface area contributed by atoms with E-state index in [1.165, 1.54) is 24.3 Å². The maximum Gasteiger partial charge on any atom is 0.255 e. The fourth-order valence-electron chi connectivity index (χ4n) is 5.75. The molecular weight excluding hydrogens is 520 g/mol. The zero-order valence-corrected chi connectivity index (χ0v) is 21.6. The van der Waals surface area contributed by atoms with Crippen LogP contribution in [0, 0.1) is 23.5 Å². The number of carbonyl (C=O) groups excluding carboxylic acids is 1. The number of amides is 1. The lowest BCUT2D eigenvalue weighted by Gasteiger charge is -2.40. The Hall–Kier alpha value is -2.81. The third-order valence-electron chi connectivity index (χ3n) is 7.92. The lowest BCUT2D eigenvalue weighted by atomic mass is 9.76. The van der Waals surface area contributed by atoms with Crippen molar-refractivity contribution in [3.8, 4) is 11.1 Å². The van der Waals surface area contributed by atoms with Crippen molar-refractivity contribution in [3.05, 3.63) is 82.9 Å². The van der Waals surface area contributed by atoms with Gasteiger partial charge in [-0.2, -0.15) is 0 Å². The van der Waals surface area contributed by atoms with Gasteiger partial charge in [-0.25, -0.2) is 17.2 Å². The number of rotatable bonds is 5. The first-order chi connectivity index (χ1) is 17.5. The third kappa shape index (κ3) is 4.67. The van der Waals surface area contributed by atoms with Crippen LogP contribution in [-0.4, -0.2) is 30.3 Å². The lowest BCUT2D eigenvalue weighted by molar-refractivity contribution is -0.0413. The summed E-state index contributed by atoms with van der Waals surface area (Å²) < 4.78 is 55.9. The Morgan fingerprint density at radius 1 is 1.03 bits per heavy atom. The average Bonchev–Trinajstić information content (AvgIpc) is 3.02. The molecule has 2 aliphatic rings. The molecule has 2 bridgehead atoms. The Labute approximate surface area is 219 Å². The van der Waals surface area contributed by atoms with Crippen LogP contribution < -0.4 is 5.32 Å². The smallest absolute Gasteiger partial charge is 0.255 e. The molecule has 0 radical (unpaired) electrons. The zero-order valence-electron chi connectivity index (χ0n) is 20.0. The normalized spacial score (nSPS) is 25.2. The van der Waals surface area contributed by atoms with Gasteiger partial charge in [0.25, 0.3) is 5.91 Å². The molecular formula is C28H26ClF2NO4S. The summed E-state index contributed by atoms with van der Waals surface area (Å²) in [7, 11) is -3.89. The van der Waals surface area contributed by atoms with Crippen molar-refractivity contribution in [2.75, 3.05) is 5.32 Å². The van der Waals surface area contributed by atoms with Crippen molar-refractivity contribution in [3.63, 3.8) is 0 Å². The van der Waals surface area contributed by atoms with Crippen LogP contribution in [0.4, 0.5) is 14.5 Å². The molecule has 0 aliphatic heterocycles. The summed E-state index contributed by atoms with van der Waals surface area (Å²) in [4.78, 5) is 12.9. The summed E-state index contributed by atoms with van der Waals surface area (Å²) in [6.07, 6.45) is 2.21. The van der Waals surface area contributed by atoms with Crippen LogP contribution >= 0.6 is 11.6 Å². The summed E-state index contributed by atoms with van der Waals surface area (Å²) in [6.45, 7) is 1.78. The van der Waals surface area contributed by atoms with E-state index in [2.05, 4.69) is 5.32 Å². The molecule has 3 aromatic carbocycles. The largest absolute Gasteiger partial charge is 0.390 e. The van der Waals surface area contributed by atoms with Crippen LogP contribution in [-0.2, 0) is 9.84 Å². The molecule has 2 fully saturated rings. The molecule has 0 aromatic heterocycles. The molecule has 4 atom stereocenters. The topological polar surface area (TPSA) is 83.5 Å². The van der Waals surface area contributed by atoms with Crippen molar-refractivity contribution in [1.29, 1.82) is 0 Å². The molecule has 2 aliphatic carbocycles. The second-order valence-electron chi connectivity index (χ2n) is 10.1. The maximum atomic E-state index is 14.5. The monoisotopic (exact) mass is 545 g/mol. The maximum absolute atomic E-state index is 14.5. The van der Waals surface area contributed by atoms with Crippen molar-refractivity contribution in [2.45, 2.75) is 48.4 Å². The van der Waals surface area contributed by atoms with Gasteiger partial charge in [-0.15, -0.1) is 0 Å². The SMILES string of the molecule is C[C@@]1(O)C2CC[C@H]1CC(S(=O)(=O)c1cc(C(=O)Nc3cc(F)c(F)c(-c4ccccc4)c3)ccc1Cl)C2. The van der Waals surface area contributed by atoms with E-state index in [4.69, 9.17) is 11.6 Å². The molecule has 1 amide bonds. The fourth-order valence-corrected chi connectivity index (χ4v) is 8.15. The van der Waals surface area contributed by atoms with E-state index >= 15 is 0 Å². The molecule has 2 unspecified atom stereocenters. The lowest BCUT2D eigenvalue weighted by Crippen LogP contribution is -2.45. The standard InChI is InChI=1S/C28H26ClF2NO4S/c1-28(34)18-8-9-19(28)13-21(12-18)37(35,36)25-11-17(7-10-23(25)29)27(33)32-20-14-22(26(31)24(30)15-20)16-5-3-2-4-6-16/h2-7,10-11,14-15,18-19,21,34H,8-9,12-13H2,1H3,(H,32,33)/t18-,19?,21?,28-/m0/s1. The van der Waals surface area contributed by atoms with Gasteiger partial charge in [-0.3, -0.25) is 4.79 Å². The van der Waals surface area contributed by atoms with Gasteiger partial charge in [0.05, 0.1) is 20.8 Å². The quantitative estimate of drug-likeness (QED) is 0.397. The van der Waals surface area contributed by atoms with Gasteiger partial charge in [0.1, 0.15) is 0 Å². The zero-order chi connectivity index (χ0) is 26.5. The van der Waals surface area contributed by atoms with E-state index in [1.807, 2.05) is 0 Å². The Kier molecular flexibility index (Phi) is 6.63. The summed E-state index contributed by atoms with van der Waals surface area (Å²) >= 11 is 6.28. The third-order valence-corrected chi connectivity index (χ3v) is 10.6. The van der Waals surface area contributed by atoms with E-state index < -0.39 is 38.2 Å². The number of fused-ring (bicyclic) bond motifs is 2. The average molecular weight is 546 g/mol. The predicted octanol–water partition coefficient (Wildman–Crippen LogP) is 6.25. The minimum absolute atomic E-state index is 0.000390. The van der Waals surface area contributed by atoms with Gasteiger partial charge in [0, 0.05) is 22.9 Å². The minimum atomic E-state index is -3.89. The predicted molar refractivity (Wildman–Crippen MR) is 138 cm³/mol. The molecule has 37 heavy (non-hydrogen) atoms. The molecule has 2 saturated carbocycles. The number of sulfone groups is 1. The van der Waals surface area contributed by atoms with Crippen molar-refractivity contribution in [2.24, 2.45) is 11.8 Å². The van der Waals surface area contributed by atoms with E-state index in [1.54, 1.807) is 37.3 Å². The Morgan fingerprint density at radius 2 is 1.68 bits per heavy atom. The first kappa shape index (κ1) is 25.8. The molecule has 9 heteroatoms. The van der Waals surface area contributed by atoms with Gasteiger partial charge in [0.2, 0.25) is 0 Å². The molecule has 5 nitrogen and oxygen atoms in total. The molecule has 2 N–H and O–H groups in total. The first-order valence-corrected chi connectivity index (χ1v) is 14.0. The van der Waals surface area contributed by atoms with Crippen LogP contribution in [0.15, 0.2) is 65.6 Å². The van der Waals surface area contributed by atoms with Gasteiger partial charge < -0.3 is 10.4 Å². The summed E-state index contributed by atoms with van der Waals surface area (Å²) in [5.41, 5.74) is -0.415. The number of halogens is 3. The number of anilines is 1. The molecule has 0 saturated heterocycles. The Bertz CT molecular complexity index is 1460. The number of carbonyl (C=O) groups is 1. The highest BCUT2D eigenvalue weighted by atomic mass is 35.5. The van der Waals surface area contributed by atoms with Crippen LogP contribution in [0.3, 0.4) is 0 Å². The highest BCUT2D eigenvalue weighted by molar-refractivity contribution is 7.92. The summed E-state index contributed by atoms with van der Waals surface area (Å²) in [5, 5.41) is 12.6. The number of nitrogens with one attached hydrogen (secondary N) is 1. The van der Waals surface area contributed by atoms with Gasteiger partial charge in [-0.1, -0.05) is 41.9 Å². The van der Waals surface area contributed by atoms with Gasteiger partial charge in [-0.05, 0) is 74.3 Å². The van der Waals surface area contributed by atoms with E-state index in [0.29, 0.717) is 18.4 Å². The molecule has 0 heterocycles. The highest BCUT2D eigenvalue weighted by Crippen LogP contribution is 2.51. The Morgan fingerprint density at radius 3 is 2.32 bits per heavy atom. The molecule has 3 aromatic rings. The van der Waals surface area contributed by atoms with Crippen LogP contribution in [0.2, 0.25) is 5.02 Å². The van der Waals surface area contributed by atoms with Crippen LogP contribution in [0.1, 0.15) is 43.0 Å². The van der Waals surface area contributed by atoms with Crippen molar-refractivity contribution in [1.82, 2.24) is 0 Å². The van der Waals surface area contributed by atoms with Gasteiger partial charge in [0.15, 0.2) is 21.5 Å². The molecule has 0 spiro atoms. The van der Waals surface area contributed by atoms with E-state index in [9.17, 15) is 27.1 Å². The second-order valence-corrected chi connectivity index (χ2v) is 12.7. The first-order valence-electron chi connectivity index (χ1n) is 12.1. The number of benzene rings is 3. The van der Waals surface area contributed by atoms with E-state index in [0.717, 1.165) is 18.9 Å². The summed E-state index contributed by atoms with van der Waals surface area (Å²) in [5.74, 6) is -3.07. The van der Waals surface area contributed by atoms with E-state index in [-0.39, 0.29) is 38.6 Å². The summed E-state index contributed by atoms with van der Waals surface area (Å²) in [6, 6.07) is 14.5. The van der Waals surface area contributed by atoms with Crippen molar-refractivity contribution < 1.29 is 27.1 Å². The number of aliphatic hydroxyl groups is 1. The second kappa shape index (κ2) is 9.49. The highest BCUT2D eigenvalue weighted by Gasteiger charge is 2.53. The molecule has 5 rings (SSSR count). The van der Waals surface area contributed by atoms with Crippen LogP contribution in [0.25, 0.3) is 11.1 Å². The van der Waals surface area contributed by atoms with Crippen molar-refractivity contribution >= 4 is 33.0 Å². The Balaban J connectivity index is 1.42. The number of hydrogen-bond donors (Lipinski definition) is 2. The van der Waals surface area contributed by atoms with Crippen LogP contribution in [0.5, 0.6) is 0 Å². The molecule has 194 valence electrons. The minimum Gasteiger partial charge on any atom is -0.390 e. The number of hydrogen-bond acceptors (Lipinski definition) is 4.